The number of hydrogen-bond donors (Lipinski definition) is 5. The highest BCUT2D eigenvalue weighted by Gasteiger charge is 2.39. The highest BCUT2D eigenvalue weighted by Crippen LogP contribution is 2.12. The molecular formula is C6H14N2O3. The van der Waals surface area contributed by atoms with Crippen LogP contribution in [0.4, 0.5) is 0 Å². The van der Waals surface area contributed by atoms with Crippen LogP contribution < -0.4 is 11.1 Å². The number of nitrogens with one attached hydrogen (secondary N) is 1. The third kappa shape index (κ3) is 1.52. The van der Waals surface area contributed by atoms with E-state index in [9.17, 15) is 10.2 Å². The van der Waals surface area contributed by atoms with Gasteiger partial charge in [0.2, 0.25) is 0 Å². The molecule has 1 rings (SSSR count). The first-order valence-electron chi connectivity index (χ1n) is 3.63. The van der Waals surface area contributed by atoms with Gasteiger partial charge in [-0.15, -0.1) is 0 Å². The van der Waals surface area contributed by atoms with Crippen LogP contribution in [-0.2, 0) is 0 Å². The van der Waals surface area contributed by atoms with Gasteiger partial charge in [0.25, 0.3) is 0 Å². The fourth-order valence-corrected chi connectivity index (χ4v) is 1.32. The number of aliphatic hydroxyl groups is 3. The molecule has 0 unspecified atom stereocenters. The molecule has 0 spiro atoms. The Balaban J connectivity index is 2.53. The summed E-state index contributed by atoms with van der Waals surface area (Å²) in [7, 11) is 0. The Morgan fingerprint density at radius 3 is 2.00 bits per heavy atom. The average molecular weight is 162 g/mol. The molecule has 1 saturated heterocycles. The van der Waals surface area contributed by atoms with Gasteiger partial charge < -0.3 is 26.4 Å². The summed E-state index contributed by atoms with van der Waals surface area (Å²) in [6, 6.07) is -0.749. The molecule has 0 bridgehead atoms. The molecule has 0 radical (unpaired) electrons. The number of rotatable bonds is 2. The van der Waals surface area contributed by atoms with Crippen molar-refractivity contribution in [3.8, 4) is 0 Å². The van der Waals surface area contributed by atoms with Gasteiger partial charge in [-0.05, 0) is 0 Å². The SMILES string of the molecule is NC[C@@H]1N[C@H](CO)[C@H](O)[C@H]1O. The van der Waals surface area contributed by atoms with E-state index in [4.69, 9.17) is 10.8 Å². The summed E-state index contributed by atoms with van der Waals surface area (Å²) in [5.74, 6) is 0. The van der Waals surface area contributed by atoms with E-state index in [-0.39, 0.29) is 19.2 Å². The van der Waals surface area contributed by atoms with E-state index in [2.05, 4.69) is 5.32 Å². The second-order valence-electron chi connectivity index (χ2n) is 2.78. The van der Waals surface area contributed by atoms with Gasteiger partial charge in [-0.2, -0.15) is 0 Å². The minimum atomic E-state index is -0.909. The highest BCUT2D eigenvalue weighted by atomic mass is 16.3. The van der Waals surface area contributed by atoms with Crippen LogP contribution >= 0.6 is 0 Å². The fraction of sp³-hybridized carbons (Fsp3) is 1.00. The van der Waals surface area contributed by atoms with Gasteiger partial charge in [-0.25, -0.2) is 0 Å². The van der Waals surface area contributed by atoms with E-state index < -0.39 is 18.2 Å². The first-order valence-corrected chi connectivity index (χ1v) is 3.63. The van der Waals surface area contributed by atoms with Gasteiger partial charge in [0.1, 0.15) is 0 Å². The Morgan fingerprint density at radius 1 is 1.18 bits per heavy atom. The maximum Gasteiger partial charge on any atom is 0.0989 e. The number of aliphatic hydroxyl groups excluding tert-OH is 3. The molecule has 6 N–H and O–H groups in total. The van der Waals surface area contributed by atoms with Gasteiger partial charge in [-0.3, -0.25) is 0 Å². The smallest absolute Gasteiger partial charge is 0.0989 e. The van der Waals surface area contributed by atoms with E-state index in [0.29, 0.717) is 0 Å². The minimum absolute atomic E-state index is 0.186. The lowest BCUT2D eigenvalue weighted by Crippen LogP contribution is -2.40. The summed E-state index contributed by atoms with van der Waals surface area (Å²) in [4.78, 5) is 0. The third-order valence-electron chi connectivity index (χ3n) is 2.05. The third-order valence-corrected chi connectivity index (χ3v) is 2.05. The van der Waals surface area contributed by atoms with Crippen molar-refractivity contribution in [2.24, 2.45) is 5.73 Å². The molecule has 0 aromatic carbocycles. The molecule has 1 aliphatic heterocycles. The van der Waals surface area contributed by atoms with Crippen LogP contribution in [0.1, 0.15) is 0 Å². The molecule has 0 aliphatic carbocycles. The lowest BCUT2D eigenvalue weighted by atomic mass is 10.1. The van der Waals surface area contributed by atoms with Crippen LogP contribution in [0.5, 0.6) is 0 Å². The largest absolute Gasteiger partial charge is 0.395 e. The summed E-state index contributed by atoms with van der Waals surface area (Å²) in [6.45, 7) is 0.0729. The second-order valence-corrected chi connectivity index (χ2v) is 2.78. The van der Waals surface area contributed by atoms with Crippen molar-refractivity contribution in [3.63, 3.8) is 0 Å². The van der Waals surface area contributed by atoms with Crippen molar-refractivity contribution in [1.82, 2.24) is 5.32 Å². The molecule has 5 nitrogen and oxygen atoms in total. The molecule has 0 aromatic heterocycles. The molecule has 0 saturated carbocycles. The Bertz CT molecular complexity index is 115. The summed E-state index contributed by atoms with van der Waals surface area (Å²) in [5.41, 5.74) is 5.29. The van der Waals surface area contributed by atoms with Crippen LogP contribution in [0.2, 0.25) is 0 Å². The summed E-state index contributed by atoms with van der Waals surface area (Å²) < 4.78 is 0. The van der Waals surface area contributed by atoms with Crippen LogP contribution in [0, 0.1) is 0 Å². The van der Waals surface area contributed by atoms with E-state index in [1.807, 2.05) is 0 Å². The van der Waals surface area contributed by atoms with Gasteiger partial charge in [0.05, 0.1) is 24.9 Å². The molecule has 5 heteroatoms. The Hall–Kier alpha value is -0.200. The van der Waals surface area contributed by atoms with Gasteiger partial charge in [0, 0.05) is 12.6 Å². The lowest BCUT2D eigenvalue weighted by Gasteiger charge is -2.12. The lowest BCUT2D eigenvalue weighted by molar-refractivity contribution is 0.0205. The fourth-order valence-electron chi connectivity index (χ4n) is 1.32. The average Bonchev–Trinajstić information content (AvgIpc) is 2.30. The molecule has 1 aliphatic rings. The first kappa shape index (κ1) is 8.89. The van der Waals surface area contributed by atoms with E-state index in [0.717, 1.165) is 0 Å². The van der Waals surface area contributed by atoms with Gasteiger partial charge in [-0.1, -0.05) is 0 Å². The van der Waals surface area contributed by atoms with Crippen molar-refractivity contribution < 1.29 is 15.3 Å². The monoisotopic (exact) mass is 162 g/mol. The van der Waals surface area contributed by atoms with E-state index in [1.165, 1.54) is 0 Å². The maximum absolute atomic E-state index is 9.26. The van der Waals surface area contributed by atoms with Crippen LogP contribution in [0.25, 0.3) is 0 Å². The predicted octanol–water partition coefficient (Wildman–Crippen LogP) is -3.00. The quantitative estimate of drug-likeness (QED) is 0.298. The van der Waals surface area contributed by atoms with Gasteiger partial charge in [0.15, 0.2) is 0 Å². The zero-order chi connectivity index (χ0) is 8.43. The van der Waals surface area contributed by atoms with Crippen molar-refractivity contribution in [2.75, 3.05) is 13.2 Å². The number of nitrogens with two attached hydrogens (primary N) is 1. The van der Waals surface area contributed by atoms with Crippen molar-refractivity contribution in [1.29, 1.82) is 0 Å². The second kappa shape index (κ2) is 3.46. The zero-order valence-electron chi connectivity index (χ0n) is 6.14. The van der Waals surface area contributed by atoms with Crippen LogP contribution in [0.3, 0.4) is 0 Å². The molecular weight excluding hydrogens is 148 g/mol. The predicted molar refractivity (Wildman–Crippen MR) is 38.9 cm³/mol. The Morgan fingerprint density at radius 2 is 1.73 bits per heavy atom. The molecule has 1 heterocycles. The number of hydrogen-bond acceptors (Lipinski definition) is 5. The maximum atomic E-state index is 9.26. The molecule has 0 amide bonds. The molecule has 11 heavy (non-hydrogen) atoms. The van der Waals surface area contributed by atoms with Crippen molar-refractivity contribution in [3.05, 3.63) is 0 Å². The molecule has 4 atom stereocenters. The topological polar surface area (TPSA) is 98.7 Å². The van der Waals surface area contributed by atoms with E-state index in [1.54, 1.807) is 0 Å². The molecule has 0 aromatic rings. The Kier molecular flexibility index (Phi) is 2.80. The first-order chi connectivity index (χ1) is 5.20. The van der Waals surface area contributed by atoms with Crippen molar-refractivity contribution >= 4 is 0 Å². The van der Waals surface area contributed by atoms with Crippen LogP contribution in [0.15, 0.2) is 0 Å². The Labute approximate surface area is 64.8 Å². The molecule has 66 valence electrons. The van der Waals surface area contributed by atoms with Crippen LogP contribution in [-0.4, -0.2) is 52.8 Å². The normalized spacial score (nSPS) is 44.7. The summed E-state index contributed by atoms with van der Waals surface area (Å²) in [6.07, 6.45) is -1.77. The molecule has 1 fully saturated rings. The standard InChI is InChI=1S/C6H14N2O3/c7-1-3-5(10)6(11)4(2-9)8-3/h3-6,8-11H,1-2,7H2/t3-,4+,5-,6-/m0/s1. The summed E-state index contributed by atoms with van der Waals surface area (Å²) in [5, 5.41) is 30.0. The highest BCUT2D eigenvalue weighted by molar-refractivity contribution is 4.98. The zero-order valence-corrected chi connectivity index (χ0v) is 6.14. The van der Waals surface area contributed by atoms with Gasteiger partial charge >= 0.3 is 0 Å². The summed E-state index contributed by atoms with van der Waals surface area (Å²) >= 11 is 0. The van der Waals surface area contributed by atoms with Crippen molar-refractivity contribution in [2.45, 2.75) is 24.3 Å². The minimum Gasteiger partial charge on any atom is -0.395 e. The van der Waals surface area contributed by atoms with E-state index >= 15 is 0 Å².